The van der Waals surface area contributed by atoms with Gasteiger partial charge in [0.25, 0.3) is 0 Å². The van der Waals surface area contributed by atoms with Crippen molar-refractivity contribution in [2.45, 2.75) is 60.3 Å². The van der Waals surface area contributed by atoms with E-state index in [0.29, 0.717) is 5.41 Å². The van der Waals surface area contributed by atoms with Crippen LogP contribution < -0.4 is 0 Å². The standard InChI is InChI=1S/C14H18.2CH4/c1-9-5-4-6-10-11-7-8-12(13(9)10)14(11,2)3;;/h4-6,11-12H,7-8H2,1-3H3;2*1H4/t11-,12+;;/m0../s1. The van der Waals surface area contributed by atoms with E-state index in [2.05, 4.69) is 39.0 Å². The average molecular weight is 218 g/mol. The van der Waals surface area contributed by atoms with E-state index in [1.807, 2.05) is 0 Å². The van der Waals surface area contributed by atoms with Crippen LogP contribution in [0.4, 0.5) is 0 Å². The molecule has 2 aliphatic carbocycles. The maximum absolute atomic E-state index is 2.45. The number of hydrogen-bond donors (Lipinski definition) is 0. The third kappa shape index (κ3) is 1.35. The van der Waals surface area contributed by atoms with Gasteiger partial charge in [-0.1, -0.05) is 46.9 Å². The molecule has 0 amide bonds. The molecule has 0 aliphatic heterocycles. The molecule has 2 atom stereocenters. The summed E-state index contributed by atoms with van der Waals surface area (Å²) in [4.78, 5) is 0. The van der Waals surface area contributed by atoms with Gasteiger partial charge in [0.2, 0.25) is 0 Å². The number of aryl methyl sites for hydroxylation is 1. The lowest BCUT2D eigenvalue weighted by Gasteiger charge is -2.24. The normalized spacial score (nSPS) is 27.9. The summed E-state index contributed by atoms with van der Waals surface area (Å²) in [6.45, 7) is 7.18. The van der Waals surface area contributed by atoms with E-state index >= 15 is 0 Å². The van der Waals surface area contributed by atoms with Gasteiger partial charge in [-0.15, -0.1) is 0 Å². The Kier molecular flexibility index (Phi) is 3.24. The van der Waals surface area contributed by atoms with Gasteiger partial charge in [0.1, 0.15) is 0 Å². The second-order valence-corrected chi connectivity index (χ2v) is 5.58. The van der Waals surface area contributed by atoms with Crippen molar-refractivity contribution in [1.82, 2.24) is 0 Å². The van der Waals surface area contributed by atoms with Crippen molar-refractivity contribution in [2.75, 3.05) is 0 Å². The molecule has 16 heavy (non-hydrogen) atoms. The van der Waals surface area contributed by atoms with E-state index in [1.165, 1.54) is 18.4 Å². The van der Waals surface area contributed by atoms with Crippen LogP contribution in [-0.2, 0) is 0 Å². The van der Waals surface area contributed by atoms with Crippen LogP contribution in [0.2, 0.25) is 0 Å². The Balaban J connectivity index is 0.000000640. The van der Waals surface area contributed by atoms with Crippen molar-refractivity contribution < 1.29 is 0 Å². The van der Waals surface area contributed by atoms with Crippen molar-refractivity contribution in [2.24, 2.45) is 5.41 Å². The summed E-state index contributed by atoms with van der Waals surface area (Å²) in [6, 6.07) is 6.86. The summed E-state index contributed by atoms with van der Waals surface area (Å²) >= 11 is 0. The topological polar surface area (TPSA) is 0 Å². The second-order valence-electron chi connectivity index (χ2n) is 5.58. The Morgan fingerprint density at radius 3 is 2.31 bits per heavy atom. The van der Waals surface area contributed by atoms with E-state index in [-0.39, 0.29) is 14.9 Å². The first-order chi connectivity index (χ1) is 6.62. The molecule has 3 rings (SSSR count). The first-order valence-corrected chi connectivity index (χ1v) is 5.72. The summed E-state index contributed by atoms with van der Waals surface area (Å²) in [5, 5.41) is 0. The molecule has 1 saturated carbocycles. The lowest BCUT2D eigenvalue weighted by atomic mass is 9.80. The zero-order valence-corrected chi connectivity index (χ0v) is 9.30. The van der Waals surface area contributed by atoms with Gasteiger partial charge >= 0.3 is 0 Å². The molecule has 0 nitrogen and oxygen atoms in total. The third-order valence-electron chi connectivity index (χ3n) is 4.62. The fourth-order valence-electron chi connectivity index (χ4n) is 3.88. The first-order valence-electron chi connectivity index (χ1n) is 5.72. The molecule has 0 heterocycles. The number of fused-ring (bicyclic) bond motifs is 5. The molecule has 2 aliphatic rings. The summed E-state index contributed by atoms with van der Waals surface area (Å²) in [5.41, 5.74) is 5.39. The first kappa shape index (κ1) is 13.3. The molecule has 0 unspecified atom stereocenters. The Labute approximate surface area is 101 Å². The van der Waals surface area contributed by atoms with E-state index in [4.69, 9.17) is 0 Å². The van der Waals surface area contributed by atoms with E-state index in [9.17, 15) is 0 Å². The summed E-state index contributed by atoms with van der Waals surface area (Å²) in [6.07, 6.45) is 2.82. The molecule has 1 fully saturated rings. The van der Waals surface area contributed by atoms with Crippen LogP contribution in [-0.4, -0.2) is 0 Å². The molecule has 0 radical (unpaired) electrons. The molecule has 0 aromatic heterocycles. The Hall–Kier alpha value is -0.780. The van der Waals surface area contributed by atoms with Crippen LogP contribution in [0.3, 0.4) is 0 Å². The van der Waals surface area contributed by atoms with Crippen LogP contribution in [0.5, 0.6) is 0 Å². The van der Waals surface area contributed by atoms with Crippen molar-refractivity contribution in [3.63, 3.8) is 0 Å². The molecule has 90 valence electrons. The number of rotatable bonds is 0. The quantitative estimate of drug-likeness (QED) is 0.556. The zero-order valence-electron chi connectivity index (χ0n) is 9.30. The predicted molar refractivity (Wildman–Crippen MR) is 73.1 cm³/mol. The van der Waals surface area contributed by atoms with Gasteiger partial charge in [0.15, 0.2) is 0 Å². The second kappa shape index (κ2) is 3.91. The number of benzene rings is 1. The van der Waals surface area contributed by atoms with Crippen LogP contribution in [0.25, 0.3) is 0 Å². The van der Waals surface area contributed by atoms with Crippen LogP contribution in [0.1, 0.15) is 70.1 Å². The molecule has 0 heteroatoms. The maximum Gasteiger partial charge on any atom is -0.00991 e. The molecule has 0 N–H and O–H groups in total. The Bertz CT molecular complexity index is 387. The molecular weight excluding hydrogens is 192 g/mol. The van der Waals surface area contributed by atoms with Crippen molar-refractivity contribution in [3.05, 3.63) is 34.9 Å². The highest BCUT2D eigenvalue weighted by molar-refractivity contribution is 5.48. The highest BCUT2D eigenvalue weighted by Crippen LogP contribution is 2.64. The summed E-state index contributed by atoms with van der Waals surface area (Å²) < 4.78 is 0. The minimum atomic E-state index is 0. The fourth-order valence-corrected chi connectivity index (χ4v) is 3.88. The van der Waals surface area contributed by atoms with E-state index in [0.717, 1.165) is 11.8 Å². The molecule has 0 spiro atoms. The van der Waals surface area contributed by atoms with Gasteiger partial charge in [-0.25, -0.2) is 0 Å². The van der Waals surface area contributed by atoms with E-state index in [1.54, 1.807) is 11.1 Å². The highest BCUT2D eigenvalue weighted by atomic mass is 14.5. The van der Waals surface area contributed by atoms with Crippen molar-refractivity contribution in [3.8, 4) is 0 Å². The Morgan fingerprint density at radius 1 is 1.06 bits per heavy atom. The average Bonchev–Trinajstić information content (AvgIpc) is 2.54. The molecule has 0 saturated heterocycles. The SMILES string of the molecule is C.C.Cc1cccc2c1[C@H]1CC[C@@H]2C1(C)C. The molecule has 1 aromatic carbocycles. The monoisotopic (exact) mass is 218 g/mol. The fraction of sp³-hybridized carbons (Fsp3) is 0.625. The van der Waals surface area contributed by atoms with Gasteiger partial charge in [0.05, 0.1) is 0 Å². The van der Waals surface area contributed by atoms with Crippen LogP contribution in [0.15, 0.2) is 18.2 Å². The zero-order chi connectivity index (χ0) is 9.92. The van der Waals surface area contributed by atoms with Gasteiger partial charge in [0, 0.05) is 0 Å². The van der Waals surface area contributed by atoms with Crippen molar-refractivity contribution in [1.29, 1.82) is 0 Å². The minimum Gasteiger partial charge on any atom is -0.0776 e. The largest absolute Gasteiger partial charge is 0.0776 e. The summed E-state index contributed by atoms with van der Waals surface area (Å²) in [7, 11) is 0. The summed E-state index contributed by atoms with van der Waals surface area (Å²) in [5.74, 6) is 1.67. The maximum atomic E-state index is 2.45. The van der Waals surface area contributed by atoms with E-state index < -0.39 is 0 Å². The predicted octanol–water partition coefficient (Wildman–Crippen LogP) is 5.27. The minimum absolute atomic E-state index is 0. The van der Waals surface area contributed by atoms with Crippen LogP contribution in [0, 0.1) is 12.3 Å². The molecule has 2 bridgehead atoms. The molecular formula is C16H26. The highest BCUT2D eigenvalue weighted by Gasteiger charge is 2.51. The molecule has 1 aromatic rings. The van der Waals surface area contributed by atoms with Gasteiger partial charge in [-0.05, 0) is 53.7 Å². The Morgan fingerprint density at radius 2 is 1.69 bits per heavy atom. The van der Waals surface area contributed by atoms with Gasteiger partial charge in [-0.3, -0.25) is 0 Å². The lowest BCUT2D eigenvalue weighted by molar-refractivity contribution is 0.325. The van der Waals surface area contributed by atoms with Crippen molar-refractivity contribution >= 4 is 0 Å². The third-order valence-corrected chi connectivity index (χ3v) is 4.62. The lowest BCUT2D eigenvalue weighted by Crippen LogP contribution is -2.14. The smallest absolute Gasteiger partial charge is 0.00991 e. The van der Waals surface area contributed by atoms with Gasteiger partial charge in [-0.2, -0.15) is 0 Å². The van der Waals surface area contributed by atoms with Crippen LogP contribution >= 0.6 is 0 Å². The number of hydrogen-bond acceptors (Lipinski definition) is 0. The van der Waals surface area contributed by atoms with Gasteiger partial charge < -0.3 is 0 Å².